The third kappa shape index (κ3) is 2.85. The predicted molar refractivity (Wildman–Crippen MR) is 94.4 cm³/mol. The molecule has 0 saturated heterocycles. The van der Waals surface area contributed by atoms with E-state index in [-0.39, 0.29) is 5.41 Å². The van der Waals surface area contributed by atoms with Crippen LogP contribution in [-0.4, -0.2) is 22.5 Å². The molecule has 1 heteroatoms. The molecule has 0 bridgehead atoms. The van der Waals surface area contributed by atoms with Crippen molar-refractivity contribution in [3.63, 3.8) is 0 Å². The van der Waals surface area contributed by atoms with Crippen LogP contribution in [-0.2, 0) is 5.41 Å². The van der Waals surface area contributed by atoms with Gasteiger partial charge in [0.2, 0.25) is 0 Å². The molecule has 0 aliphatic carbocycles. The van der Waals surface area contributed by atoms with Gasteiger partial charge in [-0.2, -0.15) is 0 Å². The predicted octanol–water partition coefficient (Wildman–Crippen LogP) is 5.00. The Morgan fingerprint density at radius 3 is 1.14 bits per heavy atom. The molecule has 0 amide bonds. The number of hydrogen-bond acceptors (Lipinski definition) is 0. The molecule has 107 valence electrons. The van der Waals surface area contributed by atoms with E-state index in [0.29, 0.717) is 0 Å². The van der Waals surface area contributed by atoms with Gasteiger partial charge >= 0.3 is 146 Å². The first-order valence-corrected chi connectivity index (χ1v) is 9.71. The van der Waals surface area contributed by atoms with Crippen LogP contribution >= 0.6 is 0 Å². The monoisotopic (exact) mass is 391 g/mol. The SMILES string of the molecule is [Sn][CH2]CC(c1ccccc1)(c1ccccc1)c1ccccc1. The van der Waals surface area contributed by atoms with Gasteiger partial charge in [-0.25, -0.2) is 0 Å². The van der Waals surface area contributed by atoms with E-state index in [1.165, 1.54) is 21.1 Å². The average molecular weight is 390 g/mol. The van der Waals surface area contributed by atoms with Crippen LogP contribution in [0.15, 0.2) is 91.0 Å². The molecule has 0 atom stereocenters. The molecule has 3 rings (SSSR count). The second kappa shape index (κ2) is 7.15. The molecule has 0 aromatic heterocycles. The maximum absolute atomic E-state index is 2.27. The van der Waals surface area contributed by atoms with Crippen molar-refractivity contribution in [3.8, 4) is 0 Å². The van der Waals surface area contributed by atoms with Gasteiger partial charge in [0.15, 0.2) is 0 Å². The van der Waals surface area contributed by atoms with E-state index in [0.717, 1.165) is 6.42 Å². The van der Waals surface area contributed by atoms with Crippen LogP contribution in [0.4, 0.5) is 0 Å². The topological polar surface area (TPSA) is 0 Å². The van der Waals surface area contributed by atoms with Crippen molar-refractivity contribution in [1.82, 2.24) is 0 Å². The Morgan fingerprint density at radius 2 is 0.864 bits per heavy atom. The van der Waals surface area contributed by atoms with Gasteiger partial charge in [0.05, 0.1) is 0 Å². The summed E-state index contributed by atoms with van der Waals surface area (Å²) < 4.78 is 1.23. The fourth-order valence-electron chi connectivity index (χ4n) is 3.29. The Morgan fingerprint density at radius 1 is 0.545 bits per heavy atom. The summed E-state index contributed by atoms with van der Waals surface area (Å²) in [7, 11) is 0. The third-order valence-corrected chi connectivity index (χ3v) is 5.01. The van der Waals surface area contributed by atoms with Crippen molar-refractivity contribution in [3.05, 3.63) is 108 Å². The second-order valence-corrected chi connectivity index (χ2v) is 6.93. The van der Waals surface area contributed by atoms with Gasteiger partial charge in [0.1, 0.15) is 0 Å². The molecular weight excluding hydrogens is 371 g/mol. The molecule has 0 aliphatic heterocycles. The minimum absolute atomic E-state index is 0.0484. The molecule has 0 nitrogen and oxygen atoms in total. The molecule has 3 aromatic rings. The molecule has 3 aromatic carbocycles. The van der Waals surface area contributed by atoms with Crippen molar-refractivity contribution in [2.75, 3.05) is 0 Å². The van der Waals surface area contributed by atoms with Gasteiger partial charge in [-0.15, -0.1) is 0 Å². The van der Waals surface area contributed by atoms with Crippen LogP contribution in [0.5, 0.6) is 0 Å². The van der Waals surface area contributed by atoms with E-state index < -0.39 is 0 Å². The molecule has 0 saturated carbocycles. The zero-order valence-electron chi connectivity index (χ0n) is 12.6. The zero-order valence-corrected chi connectivity index (χ0v) is 15.4. The zero-order chi connectivity index (χ0) is 15.3. The van der Waals surface area contributed by atoms with Crippen molar-refractivity contribution in [2.24, 2.45) is 0 Å². The summed E-state index contributed by atoms with van der Waals surface area (Å²) in [6.07, 6.45) is 1.14. The summed E-state index contributed by atoms with van der Waals surface area (Å²) in [5.74, 6) is 0. The summed E-state index contributed by atoms with van der Waals surface area (Å²) in [6, 6.07) is 32.8. The van der Waals surface area contributed by atoms with E-state index in [9.17, 15) is 0 Å². The van der Waals surface area contributed by atoms with Gasteiger partial charge in [0, 0.05) is 0 Å². The molecule has 0 N–H and O–H groups in total. The van der Waals surface area contributed by atoms with E-state index in [4.69, 9.17) is 0 Å². The number of rotatable bonds is 5. The van der Waals surface area contributed by atoms with Crippen molar-refractivity contribution < 1.29 is 0 Å². The summed E-state index contributed by atoms with van der Waals surface area (Å²) in [5, 5.41) is 0. The first-order chi connectivity index (χ1) is 10.9. The van der Waals surface area contributed by atoms with E-state index in [1.54, 1.807) is 22.5 Å². The van der Waals surface area contributed by atoms with Crippen molar-refractivity contribution in [1.29, 1.82) is 0 Å². The minimum atomic E-state index is -0.0484. The van der Waals surface area contributed by atoms with E-state index >= 15 is 0 Å². The summed E-state index contributed by atoms with van der Waals surface area (Å²) in [4.78, 5) is 0. The first-order valence-electron chi connectivity index (χ1n) is 7.69. The van der Waals surface area contributed by atoms with Crippen LogP contribution < -0.4 is 0 Å². The molecule has 0 spiro atoms. The Hall–Kier alpha value is -1.54. The van der Waals surface area contributed by atoms with Crippen LogP contribution in [0.1, 0.15) is 23.1 Å². The Bertz CT molecular complexity index is 593. The summed E-state index contributed by atoms with van der Waals surface area (Å²) in [5.41, 5.74) is 4.10. The van der Waals surface area contributed by atoms with Crippen molar-refractivity contribution in [2.45, 2.75) is 16.3 Å². The van der Waals surface area contributed by atoms with Gasteiger partial charge in [0.25, 0.3) is 0 Å². The van der Waals surface area contributed by atoms with Crippen LogP contribution in [0.2, 0.25) is 4.44 Å². The quantitative estimate of drug-likeness (QED) is 0.425. The Kier molecular flexibility index (Phi) is 4.99. The van der Waals surface area contributed by atoms with E-state index in [1.807, 2.05) is 0 Å². The average Bonchev–Trinajstić information content (AvgIpc) is 2.62. The Labute approximate surface area is 146 Å². The van der Waals surface area contributed by atoms with Gasteiger partial charge in [-0.05, 0) is 0 Å². The molecule has 0 heterocycles. The van der Waals surface area contributed by atoms with Gasteiger partial charge < -0.3 is 0 Å². The van der Waals surface area contributed by atoms with E-state index in [2.05, 4.69) is 91.0 Å². The van der Waals surface area contributed by atoms with Gasteiger partial charge in [-0.3, -0.25) is 0 Å². The first kappa shape index (κ1) is 15.4. The van der Waals surface area contributed by atoms with Crippen LogP contribution in [0.25, 0.3) is 0 Å². The van der Waals surface area contributed by atoms with Crippen LogP contribution in [0.3, 0.4) is 0 Å². The van der Waals surface area contributed by atoms with Crippen molar-refractivity contribution >= 4 is 22.5 Å². The van der Waals surface area contributed by atoms with Gasteiger partial charge in [-0.1, -0.05) is 0 Å². The molecule has 0 fully saturated rings. The number of hydrogen-bond donors (Lipinski definition) is 0. The normalized spacial score (nSPS) is 11.3. The number of benzene rings is 3. The summed E-state index contributed by atoms with van der Waals surface area (Å²) >= 11 is 1.59. The third-order valence-electron chi connectivity index (χ3n) is 4.30. The molecule has 3 radical (unpaired) electrons. The fourth-order valence-corrected chi connectivity index (χ4v) is 4.36. The maximum atomic E-state index is 2.27. The fraction of sp³-hybridized carbons (Fsp3) is 0.143. The molecule has 0 unspecified atom stereocenters. The molecule has 22 heavy (non-hydrogen) atoms. The summed E-state index contributed by atoms with van der Waals surface area (Å²) in [6.45, 7) is 0. The van der Waals surface area contributed by atoms with Crippen LogP contribution in [0, 0.1) is 0 Å². The molecular formula is C21H19Sn. The molecule has 0 aliphatic rings. The Balaban J connectivity index is 2.29. The standard InChI is InChI=1S/C21H19.Sn/c1-2-21(18-12-6-3-7-13-18,19-14-8-4-9-15-19)20-16-10-5-11-17-20;/h3-17H,1-2H2;. The second-order valence-electron chi connectivity index (χ2n) is 5.50.